The molecular weight excluding hydrogens is 252 g/mol. The highest BCUT2D eigenvalue weighted by atomic mass is 35.5. The largest absolute Gasteiger partial charge is 0.369 e. The van der Waals surface area contributed by atoms with Crippen LogP contribution in [0.4, 0.5) is 5.69 Å². The predicted octanol–water partition coefficient (Wildman–Crippen LogP) is 0.661. The molecule has 0 bridgehead atoms. The van der Waals surface area contributed by atoms with Crippen LogP contribution in [-0.4, -0.2) is 44.1 Å². The minimum absolute atomic E-state index is 0. The lowest BCUT2D eigenvalue weighted by molar-refractivity contribution is 0.0958. The second-order valence-corrected chi connectivity index (χ2v) is 4.24. The molecule has 0 spiro atoms. The highest BCUT2D eigenvalue weighted by Crippen LogP contribution is 2.17. The SMILES string of the molecule is CNC(=O)c1ccc(N(C)C2CCNC2)cn1.Cl. The molecule has 18 heavy (non-hydrogen) atoms. The van der Waals surface area contributed by atoms with Crippen molar-refractivity contribution < 1.29 is 4.79 Å². The van der Waals surface area contributed by atoms with Crippen LogP contribution in [0.2, 0.25) is 0 Å². The van der Waals surface area contributed by atoms with Crippen molar-refractivity contribution in [1.82, 2.24) is 15.6 Å². The van der Waals surface area contributed by atoms with Crippen molar-refractivity contribution in [1.29, 1.82) is 0 Å². The minimum atomic E-state index is -0.151. The molecule has 6 heteroatoms. The third kappa shape index (κ3) is 3.11. The molecule has 1 unspecified atom stereocenters. The van der Waals surface area contributed by atoms with Gasteiger partial charge in [0.15, 0.2) is 0 Å². The smallest absolute Gasteiger partial charge is 0.269 e. The number of amides is 1. The van der Waals surface area contributed by atoms with Crippen molar-refractivity contribution >= 4 is 24.0 Å². The summed E-state index contributed by atoms with van der Waals surface area (Å²) in [5, 5.41) is 5.90. The third-order valence-electron chi connectivity index (χ3n) is 3.20. The molecule has 0 aromatic carbocycles. The Morgan fingerprint density at radius 2 is 2.33 bits per heavy atom. The molecule has 2 rings (SSSR count). The second kappa shape index (κ2) is 6.56. The molecule has 0 saturated carbocycles. The standard InChI is InChI=1S/C12H18N4O.ClH/c1-13-12(17)11-4-3-9(8-15-11)16(2)10-5-6-14-7-10;/h3-4,8,10,14H,5-7H2,1-2H3,(H,13,17);1H. The first-order chi connectivity index (χ1) is 8.22. The number of hydrogen-bond donors (Lipinski definition) is 2. The van der Waals surface area contributed by atoms with Gasteiger partial charge in [-0.15, -0.1) is 12.4 Å². The fraction of sp³-hybridized carbons (Fsp3) is 0.500. The van der Waals surface area contributed by atoms with Crippen LogP contribution in [0.5, 0.6) is 0 Å². The van der Waals surface area contributed by atoms with E-state index in [1.54, 1.807) is 19.3 Å². The van der Waals surface area contributed by atoms with E-state index in [1.807, 2.05) is 6.07 Å². The van der Waals surface area contributed by atoms with Gasteiger partial charge in [-0.25, -0.2) is 4.98 Å². The molecule has 1 saturated heterocycles. The molecule has 1 fully saturated rings. The number of pyridine rings is 1. The zero-order chi connectivity index (χ0) is 12.3. The molecule has 1 amide bonds. The molecular formula is C12H19ClN4O. The van der Waals surface area contributed by atoms with Crippen LogP contribution in [0.1, 0.15) is 16.9 Å². The predicted molar refractivity (Wildman–Crippen MR) is 74.6 cm³/mol. The first kappa shape index (κ1) is 14.7. The lowest BCUT2D eigenvalue weighted by Gasteiger charge is -2.25. The lowest BCUT2D eigenvalue weighted by atomic mass is 10.2. The zero-order valence-electron chi connectivity index (χ0n) is 10.6. The van der Waals surface area contributed by atoms with Crippen molar-refractivity contribution in [3.8, 4) is 0 Å². The van der Waals surface area contributed by atoms with Gasteiger partial charge in [0.2, 0.25) is 0 Å². The van der Waals surface area contributed by atoms with Crippen LogP contribution >= 0.6 is 12.4 Å². The third-order valence-corrected chi connectivity index (χ3v) is 3.20. The van der Waals surface area contributed by atoms with Gasteiger partial charge in [-0.1, -0.05) is 0 Å². The van der Waals surface area contributed by atoms with E-state index in [-0.39, 0.29) is 18.3 Å². The topological polar surface area (TPSA) is 57.3 Å². The summed E-state index contributed by atoms with van der Waals surface area (Å²) in [7, 11) is 3.67. The Bertz CT molecular complexity index is 390. The van der Waals surface area contributed by atoms with E-state index in [0.29, 0.717) is 11.7 Å². The van der Waals surface area contributed by atoms with Crippen LogP contribution in [0.3, 0.4) is 0 Å². The molecule has 0 aliphatic carbocycles. The summed E-state index contributed by atoms with van der Waals surface area (Å²) in [6, 6.07) is 4.21. The van der Waals surface area contributed by atoms with Crippen LogP contribution in [0.15, 0.2) is 18.3 Å². The highest BCUT2D eigenvalue weighted by Gasteiger charge is 2.19. The molecule has 5 nitrogen and oxygen atoms in total. The van der Waals surface area contributed by atoms with Crippen LogP contribution in [0.25, 0.3) is 0 Å². The summed E-state index contributed by atoms with van der Waals surface area (Å²) in [5.41, 5.74) is 1.50. The monoisotopic (exact) mass is 270 g/mol. The maximum absolute atomic E-state index is 11.4. The van der Waals surface area contributed by atoms with E-state index in [0.717, 1.165) is 25.2 Å². The van der Waals surface area contributed by atoms with Crippen molar-refractivity contribution in [3.05, 3.63) is 24.0 Å². The number of nitrogens with one attached hydrogen (secondary N) is 2. The molecule has 0 radical (unpaired) electrons. The zero-order valence-corrected chi connectivity index (χ0v) is 11.5. The van der Waals surface area contributed by atoms with Gasteiger partial charge < -0.3 is 15.5 Å². The molecule has 100 valence electrons. The van der Waals surface area contributed by atoms with E-state index in [1.165, 1.54) is 0 Å². The summed E-state index contributed by atoms with van der Waals surface area (Å²) < 4.78 is 0. The molecule has 1 aliphatic heterocycles. The fourth-order valence-corrected chi connectivity index (χ4v) is 2.04. The van der Waals surface area contributed by atoms with Crippen molar-refractivity contribution in [3.63, 3.8) is 0 Å². The normalized spacial score (nSPS) is 18.0. The average molecular weight is 271 g/mol. The maximum atomic E-state index is 11.4. The van der Waals surface area contributed by atoms with E-state index in [9.17, 15) is 4.79 Å². The summed E-state index contributed by atoms with van der Waals surface area (Å²) in [6.45, 7) is 2.08. The van der Waals surface area contributed by atoms with Gasteiger partial charge >= 0.3 is 0 Å². The van der Waals surface area contributed by atoms with E-state index in [2.05, 4.69) is 27.6 Å². The van der Waals surface area contributed by atoms with Gasteiger partial charge in [-0.2, -0.15) is 0 Å². The Labute approximate surface area is 113 Å². The number of halogens is 1. The molecule has 1 aromatic heterocycles. The number of likely N-dealkylation sites (N-methyl/N-ethyl adjacent to an activating group) is 1. The van der Waals surface area contributed by atoms with Gasteiger partial charge in [0, 0.05) is 26.7 Å². The fourth-order valence-electron chi connectivity index (χ4n) is 2.04. The van der Waals surface area contributed by atoms with Crippen LogP contribution in [0, 0.1) is 0 Å². The van der Waals surface area contributed by atoms with Crippen LogP contribution in [-0.2, 0) is 0 Å². The van der Waals surface area contributed by atoms with Gasteiger partial charge in [0.1, 0.15) is 5.69 Å². The van der Waals surface area contributed by atoms with E-state index >= 15 is 0 Å². The number of carbonyl (C=O) groups excluding carboxylic acids is 1. The Morgan fingerprint density at radius 3 is 2.83 bits per heavy atom. The van der Waals surface area contributed by atoms with E-state index in [4.69, 9.17) is 0 Å². The minimum Gasteiger partial charge on any atom is -0.369 e. The number of anilines is 1. The molecule has 1 aromatic rings. The summed E-state index contributed by atoms with van der Waals surface area (Å²) in [4.78, 5) is 17.7. The molecule has 2 N–H and O–H groups in total. The van der Waals surface area contributed by atoms with Gasteiger partial charge in [-0.05, 0) is 25.1 Å². The molecule has 1 aliphatic rings. The number of rotatable bonds is 3. The van der Waals surface area contributed by atoms with Crippen molar-refractivity contribution in [2.75, 3.05) is 32.1 Å². The summed E-state index contributed by atoms with van der Waals surface area (Å²) >= 11 is 0. The van der Waals surface area contributed by atoms with Crippen molar-refractivity contribution in [2.45, 2.75) is 12.5 Å². The molecule has 2 heterocycles. The van der Waals surface area contributed by atoms with Crippen molar-refractivity contribution in [2.24, 2.45) is 0 Å². The quantitative estimate of drug-likeness (QED) is 0.847. The first-order valence-corrected chi connectivity index (χ1v) is 5.84. The first-order valence-electron chi connectivity index (χ1n) is 5.84. The molecule has 1 atom stereocenters. The number of hydrogen-bond acceptors (Lipinski definition) is 4. The lowest BCUT2D eigenvalue weighted by Crippen LogP contribution is -2.33. The number of nitrogens with zero attached hydrogens (tertiary/aromatic N) is 2. The number of aromatic nitrogens is 1. The van der Waals surface area contributed by atoms with Gasteiger partial charge in [0.25, 0.3) is 5.91 Å². The van der Waals surface area contributed by atoms with Gasteiger partial charge in [0.05, 0.1) is 11.9 Å². The Morgan fingerprint density at radius 1 is 1.56 bits per heavy atom. The maximum Gasteiger partial charge on any atom is 0.269 e. The van der Waals surface area contributed by atoms with Crippen LogP contribution < -0.4 is 15.5 Å². The summed E-state index contributed by atoms with van der Waals surface area (Å²) in [6.07, 6.45) is 2.90. The Balaban J connectivity index is 0.00000162. The van der Waals surface area contributed by atoms with E-state index < -0.39 is 0 Å². The highest BCUT2D eigenvalue weighted by molar-refractivity contribution is 5.92. The van der Waals surface area contributed by atoms with Gasteiger partial charge in [-0.3, -0.25) is 4.79 Å². The Kier molecular flexibility index (Phi) is 5.37. The second-order valence-electron chi connectivity index (χ2n) is 4.24. The Hall–Kier alpha value is -1.33. The average Bonchev–Trinajstić information content (AvgIpc) is 2.91. The number of carbonyl (C=O) groups is 1. The summed E-state index contributed by atoms with van der Waals surface area (Å²) in [5.74, 6) is -0.151.